The molecule has 0 amide bonds. The van der Waals surface area contributed by atoms with Gasteiger partial charge < -0.3 is 5.11 Å². The van der Waals surface area contributed by atoms with Gasteiger partial charge >= 0.3 is 5.97 Å². The number of aryl methyl sites for hydroxylation is 2. The maximum Gasteiger partial charge on any atom is 0.335 e. The molecule has 3 aromatic rings. The lowest BCUT2D eigenvalue weighted by Gasteiger charge is -2.33. The minimum atomic E-state index is -0.936. The monoisotopic (exact) mass is 525 g/mol. The van der Waals surface area contributed by atoms with Crippen LogP contribution in [0.4, 0.5) is 8.78 Å². The second-order valence-corrected chi connectivity index (χ2v) is 11.0. The van der Waals surface area contributed by atoms with E-state index in [0.29, 0.717) is 12.0 Å². The Labute approximate surface area is 228 Å². The highest BCUT2D eigenvalue weighted by molar-refractivity contribution is 6.01. The third-order valence-corrected chi connectivity index (χ3v) is 8.37. The summed E-state index contributed by atoms with van der Waals surface area (Å²) in [7, 11) is 0. The number of rotatable bonds is 7. The SMILES string of the molecule is O=C(O)c1ccc2c(c1)CCCC(c1ccc3c(c1F)CCC3)=C2c1ccc(C=C2CN(CCCF)C2)cc1. The van der Waals surface area contributed by atoms with Crippen LogP contribution in [0.5, 0.6) is 0 Å². The Morgan fingerprint density at radius 3 is 2.41 bits per heavy atom. The molecule has 1 N–H and O–H groups in total. The number of aromatic carboxylic acids is 1. The van der Waals surface area contributed by atoms with Gasteiger partial charge in [-0.05, 0) is 107 Å². The second kappa shape index (κ2) is 10.9. The van der Waals surface area contributed by atoms with Gasteiger partial charge in [0.2, 0.25) is 0 Å². The van der Waals surface area contributed by atoms with E-state index < -0.39 is 5.97 Å². The molecule has 0 radical (unpaired) electrons. The summed E-state index contributed by atoms with van der Waals surface area (Å²) < 4.78 is 28.4. The number of benzene rings is 3. The van der Waals surface area contributed by atoms with E-state index in [4.69, 9.17) is 0 Å². The van der Waals surface area contributed by atoms with E-state index in [9.17, 15) is 14.3 Å². The van der Waals surface area contributed by atoms with E-state index in [1.807, 2.05) is 12.1 Å². The highest BCUT2D eigenvalue weighted by Gasteiger charge is 2.26. The minimum Gasteiger partial charge on any atom is -0.478 e. The van der Waals surface area contributed by atoms with Crippen molar-refractivity contribution in [3.63, 3.8) is 0 Å². The predicted molar refractivity (Wildman–Crippen MR) is 152 cm³/mol. The average molecular weight is 526 g/mol. The molecule has 5 heteroatoms. The summed E-state index contributed by atoms with van der Waals surface area (Å²) >= 11 is 0. The summed E-state index contributed by atoms with van der Waals surface area (Å²) in [5.41, 5.74) is 10.4. The fourth-order valence-electron chi connectivity index (χ4n) is 6.42. The van der Waals surface area contributed by atoms with Crippen molar-refractivity contribution in [2.24, 2.45) is 0 Å². The molecule has 1 heterocycles. The standard InChI is InChI=1S/C34H33F2NO2/c35-16-3-17-37-20-23(21-37)18-22-8-10-25(11-9-22)32-28-14-13-27(34(38)39)19-26(28)5-2-7-30(32)31-15-12-24-4-1-6-29(24)33(31)36/h8-15,18-19H,1-7,16-17,20-21H2,(H,38,39). The molecule has 0 unspecified atom stereocenters. The molecule has 1 aliphatic heterocycles. The van der Waals surface area contributed by atoms with Crippen LogP contribution in [0.2, 0.25) is 0 Å². The Bertz CT molecular complexity index is 1480. The number of carboxylic acids is 1. The third-order valence-electron chi connectivity index (χ3n) is 8.37. The molecule has 0 saturated carbocycles. The van der Waals surface area contributed by atoms with Crippen molar-refractivity contribution in [1.82, 2.24) is 4.90 Å². The maximum absolute atomic E-state index is 15.9. The normalized spacial score (nSPS) is 16.9. The van der Waals surface area contributed by atoms with E-state index in [1.54, 1.807) is 12.1 Å². The van der Waals surface area contributed by atoms with Crippen LogP contribution in [-0.4, -0.2) is 42.3 Å². The summed E-state index contributed by atoms with van der Waals surface area (Å²) in [5.74, 6) is -1.03. The largest absolute Gasteiger partial charge is 0.478 e. The van der Waals surface area contributed by atoms with Crippen LogP contribution in [0.25, 0.3) is 17.2 Å². The molecule has 0 bridgehead atoms. The number of halogens is 2. The van der Waals surface area contributed by atoms with E-state index in [2.05, 4.69) is 41.3 Å². The van der Waals surface area contributed by atoms with Gasteiger partial charge in [-0.3, -0.25) is 9.29 Å². The number of hydrogen-bond acceptors (Lipinski definition) is 2. The lowest BCUT2D eigenvalue weighted by atomic mass is 9.86. The van der Waals surface area contributed by atoms with Crippen LogP contribution in [0, 0.1) is 5.82 Å². The van der Waals surface area contributed by atoms with E-state index in [-0.39, 0.29) is 18.1 Å². The topological polar surface area (TPSA) is 40.5 Å². The number of allylic oxidation sites excluding steroid dienone is 1. The predicted octanol–water partition coefficient (Wildman–Crippen LogP) is 7.37. The highest BCUT2D eigenvalue weighted by atomic mass is 19.1. The van der Waals surface area contributed by atoms with Crippen LogP contribution in [0.3, 0.4) is 0 Å². The summed E-state index contributed by atoms with van der Waals surface area (Å²) in [6.07, 6.45) is 7.79. The van der Waals surface area contributed by atoms with Crippen molar-refractivity contribution in [1.29, 1.82) is 0 Å². The van der Waals surface area contributed by atoms with E-state index in [0.717, 1.165) is 103 Å². The smallest absolute Gasteiger partial charge is 0.335 e. The number of alkyl halides is 1. The zero-order chi connectivity index (χ0) is 26.9. The van der Waals surface area contributed by atoms with Gasteiger partial charge in [0.25, 0.3) is 0 Å². The third kappa shape index (κ3) is 5.08. The molecule has 0 atom stereocenters. The average Bonchev–Trinajstić information content (AvgIpc) is 3.33. The Kier molecular flexibility index (Phi) is 7.18. The molecule has 1 saturated heterocycles. The number of carbonyl (C=O) groups is 1. The molecule has 0 aromatic heterocycles. The summed E-state index contributed by atoms with van der Waals surface area (Å²) in [5, 5.41) is 9.60. The van der Waals surface area contributed by atoms with E-state index >= 15 is 4.39 Å². The second-order valence-electron chi connectivity index (χ2n) is 11.0. The van der Waals surface area contributed by atoms with Crippen molar-refractivity contribution in [3.8, 4) is 0 Å². The molecule has 200 valence electrons. The first-order valence-corrected chi connectivity index (χ1v) is 14.0. The fourth-order valence-corrected chi connectivity index (χ4v) is 6.42. The minimum absolute atomic E-state index is 0.0910. The molecule has 39 heavy (non-hydrogen) atoms. The first-order chi connectivity index (χ1) is 19.0. The van der Waals surface area contributed by atoms with Gasteiger partial charge in [0.05, 0.1) is 12.2 Å². The van der Waals surface area contributed by atoms with Gasteiger partial charge in [0, 0.05) is 25.2 Å². The van der Waals surface area contributed by atoms with Gasteiger partial charge in [-0.25, -0.2) is 9.18 Å². The Morgan fingerprint density at radius 1 is 0.897 bits per heavy atom. The van der Waals surface area contributed by atoms with Crippen molar-refractivity contribution in [3.05, 3.63) is 110 Å². The quantitative estimate of drug-likeness (QED) is 0.350. The van der Waals surface area contributed by atoms with Crippen LogP contribution < -0.4 is 0 Å². The molecule has 2 aliphatic carbocycles. The summed E-state index contributed by atoms with van der Waals surface area (Å²) in [6, 6.07) is 17.8. The van der Waals surface area contributed by atoms with Crippen LogP contribution in [0.1, 0.15) is 75.0 Å². The Morgan fingerprint density at radius 2 is 1.64 bits per heavy atom. The van der Waals surface area contributed by atoms with Crippen LogP contribution >= 0.6 is 0 Å². The first-order valence-electron chi connectivity index (χ1n) is 14.0. The zero-order valence-electron chi connectivity index (χ0n) is 22.1. The number of nitrogens with zero attached hydrogens (tertiary/aromatic N) is 1. The molecule has 3 aliphatic rings. The number of fused-ring (bicyclic) bond motifs is 2. The number of carboxylic acid groups (broad SMARTS) is 1. The van der Waals surface area contributed by atoms with Crippen molar-refractivity contribution in [2.75, 3.05) is 26.3 Å². The van der Waals surface area contributed by atoms with Gasteiger partial charge in [0.15, 0.2) is 0 Å². The van der Waals surface area contributed by atoms with Crippen molar-refractivity contribution in [2.45, 2.75) is 44.9 Å². The van der Waals surface area contributed by atoms with E-state index in [1.165, 1.54) is 5.57 Å². The molecule has 3 nitrogen and oxygen atoms in total. The molecule has 1 fully saturated rings. The number of hydrogen-bond donors (Lipinski definition) is 1. The van der Waals surface area contributed by atoms with Crippen molar-refractivity contribution < 1.29 is 18.7 Å². The summed E-state index contributed by atoms with van der Waals surface area (Å²) in [6.45, 7) is 2.29. The maximum atomic E-state index is 15.9. The lowest BCUT2D eigenvalue weighted by Crippen LogP contribution is -2.40. The molecule has 0 spiro atoms. The molecular formula is C34H33F2NO2. The van der Waals surface area contributed by atoms with Gasteiger partial charge in [0.1, 0.15) is 5.82 Å². The highest BCUT2D eigenvalue weighted by Crippen LogP contribution is 2.42. The van der Waals surface area contributed by atoms with Crippen LogP contribution in [0.15, 0.2) is 60.2 Å². The first kappa shape index (κ1) is 25.7. The van der Waals surface area contributed by atoms with Gasteiger partial charge in [-0.15, -0.1) is 0 Å². The summed E-state index contributed by atoms with van der Waals surface area (Å²) in [4.78, 5) is 13.9. The van der Waals surface area contributed by atoms with Crippen molar-refractivity contribution >= 4 is 23.2 Å². The fraction of sp³-hybridized carbons (Fsp3) is 0.324. The number of likely N-dealkylation sites (tertiary alicyclic amines) is 1. The Balaban J connectivity index is 1.42. The molecule has 6 rings (SSSR count). The van der Waals surface area contributed by atoms with Gasteiger partial charge in [-0.2, -0.15) is 0 Å². The molecular weight excluding hydrogens is 492 g/mol. The van der Waals surface area contributed by atoms with Gasteiger partial charge in [-0.1, -0.05) is 48.5 Å². The van der Waals surface area contributed by atoms with Crippen LogP contribution in [-0.2, 0) is 19.3 Å². The Hall–Kier alpha value is -3.57. The molecule has 3 aromatic carbocycles. The zero-order valence-corrected chi connectivity index (χ0v) is 22.1. The lowest BCUT2D eigenvalue weighted by molar-refractivity contribution is 0.0696.